The maximum absolute atomic E-state index is 12.1. The Hall–Kier alpha value is -2.08. The first-order valence-corrected chi connectivity index (χ1v) is 6.86. The molecule has 1 aromatic rings. The summed E-state index contributed by atoms with van der Waals surface area (Å²) in [7, 11) is 1.56. The van der Waals surface area contributed by atoms with Crippen molar-refractivity contribution >= 4 is 11.8 Å². The standard InChI is InChI=1S/C15H22N2O4/c1-4-21-13-8-6-5-7-12(13)15(19)16-9-14(18)17-11(2)10-20-3/h5-8,11H,4,9-10H2,1-3H3,(H,16,19)(H,17,18). The van der Waals surface area contributed by atoms with E-state index in [0.29, 0.717) is 24.5 Å². The zero-order valence-electron chi connectivity index (χ0n) is 12.6. The highest BCUT2D eigenvalue weighted by Gasteiger charge is 2.13. The molecule has 0 saturated carbocycles. The second-order valence-corrected chi connectivity index (χ2v) is 4.54. The van der Waals surface area contributed by atoms with Crippen LogP contribution >= 0.6 is 0 Å². The highest BCUT2D eigenvalue weighted by molar-refractivity contribution is 5.98. The summed E-state index contributed by atoms with van der Waals surface area (Å²) < 4.78 is 10.3. The van der Waals surface area contributed by atoms with Gasteiger partial charge in [0.1, 0.15) is 5.75 Å². The lowest BCUT2D eigenvalue weighted by Gasteiger charge is -2.14. The minimum Gasteiger partial charge on any atom is -0.493 e. The number of hydrogen-bond donors (Lipinski definition) is 2. The molecule has 1 atom stereocenters. The van der Waals surface area contributed by atoms with Crippen molar-refractivity contribution in [3.05, 3.63) is 29.8 Å². The number of amides is 2. The highest BCUT2D eigenvalue weighted by atomic mass is 16.5. The Morgan fingerprint density at radius 1 is 1.29 bits per heavy atom. The molecule has 0 aliphatic heterocycles. The predicted molar refractivity (Wildman–Crippen MR) is 79.4 cm³/mol. The van der Waals surface area contributed by atoms with Crippen molar-refractivity contribution in [1.29, 1.82) is 0 Å². The molecule has 0 fully saturated rings. The minimum absolute atomic E-state index is 0.0899. The van der Waals surface area contributed by atoms with Gasteiger partial charge in [-0.25, -0.2) is 0 Å². The molecule has 2 amide bonds. The van der Waals surface area contributed by atoms with Crippen molar-refractivity contribution in [3.63, 3.8) is 0 Å². The molecule has 21 heavy (non-hydrogen) atoms. The topological polar surface area (TPSA) is 76.7 Å². The van der Waals surface area contributed by atoms with Gasteiger partial charge in [0.25, 0.3) is 5.91 Å². The number of benzene rings is 1. The molecule has 0 saturated heterocycles. The van der Waals surface area contributed by atoms with Crippen LogP contribution in [0.4, 0.5) is 0 Å². The molecule has 6 nitrogen and oxygen atoms in total. The lowest BCUT2D eigenvalue weighted by Crippen LogP contribution is -2.42. The summed E-state index contributed by atoms with van der Waals surface area (Å²) in [6.07, 6.45) is 0. The zero-order chi connectivity index (χ0) is 15.7. The molecule has 1 aromatic carbocycles. The smallest absolute Gasteiger partial charge is 0.255 e. The molecule has 116 valence electrons. The average Bonchev–Trinajstić information content (AvgIpc) is 2.46. The van der Waals surface area contributed by atoms with Crippen LogP contribution in [0.1, 0.15) is 24.2 Å². The Bertz CT molecular complexity index is 476. The van der Waals surface area contributed by atoms with Gasteiger partial charge in [0, 0.05) is 13.2 Å². The van der Waals surface area contributed by atoms with Crippen LogP contribution < -0.4 is 15.4 Å². The molecular formula is C15H22N2O4. The number of hydrogen-bond acceptors (Lipinski definition) is 4. The molecule has 1 rings (SSSR count). The van der Waals surface area contributed by atoms with Crippen molar-refractivity contribution in [2.45, 2.75) is 19.9 Å². The predicted octanol–water partition coefficient (Wildman–Crippen LogP) is 0.966. The Morgan fingerprint density at radius 3 is 2.67 bits per heavy atom. The molecule has 0 radical (unpaired) electrons. The van der Waals surface area contributed by atoms with Gasteiger partial charge in [-0.15, -0.1) is 0 Å². The zero-order valence-corrected chi connectivity index (χ0v) is 12.6. The van der Waals surface area contributed by atoms with E-state index in [1.165, 1.54) is 0 Å². The number of carbonyl (C=O) groups excluding carboxylic acids is 2. The van der Waals surface area contributed by atoms with Crippen molar-refractivity contribution in [1.82, 2.24) is 10.6 Å². The first-order valence-electron chi connectivity index (χ1n) is 6.86. The first kappa shape index (κ1) is 17.0. The summed E-state index contributed by atoms with van der Waals surface area (Å²) in [4.78, 5) is 23.7. The summed E-state index contributed by atoms with van der Waals surface area (Å²) >= 11 is 0. The van der Waals surface area contributed by atoms with E-state index in [4.69, 9.17) is 9.47 Å². The average molecular weight is 294 g/mol. The van der Waals surface area contributed by atoms with Crippen LogP contribution in [0.2, 0.25) is 0 Å². The number of rotatable bonds is 8. The number of methoxy groups -OCH3 is 1. The van der Waals surface area contributed by atoms with Gasteiger partial charge < -0.3 is 20.1 Å². The fourth-order valence-corrected chi connectivity index (χ4v) is 1.81. The molecule has 0 aromatic heterocycles. The quantitative estimate of drug-likeness (QED) is 0.749. The van der Waals surface area contributed by atoms with Gasteiger partial charge in [0.15, 0.2) is 0 Å². The van der Waals surface area contributed by atoms with E-state index in [1.807, 2.05) is 13.8 Å². The fourth-order valence-electron chi connectivity index (χ4n) is 1.81. The molecule has 6 heteroatoms. The van der Waals surface area contributed by atoms with Gasteiger partial charge >= 0.3 is 0 Å². The molecule has 0 spiro atoms. The lowest BCUT2D eigenvalue weighted by atomic mass is 10.2. The fraction of sp³-hybridized carbons (Fsp3) is 0.467. The van der Waals surface area contributed by atoms with Crippen molar-refractivity contribution in [2.75, 3.05) is 26.9 Å². The largest absolute Gasteiger partial charge is 0.493 e. The van der Waals surface area contributed by atoms with Crippen molar-refractivity contribution in [2.24, 2.45) is 0 Å². The summed E-state index contributed by atoms with van der Waals surface area (Å²) in [5, 5.41) is 5.29. The molecule has 0 bridgehead atoms. The van der Waals surface area contributed by atoms with Crippen LogP contribution in [0, 0.1) is 0 Å². The van der Waals surface area contributed by atoms with Crippen LogP contribution in [0.3, 0.4) is 0 Å². The molecule has 0 heterocycles. The van der Waals surface area contributed by atoms with E-state index in [-0.39, 0.29) is 24.4 Å². The SMILES string of the molecule is CCOc1ccccc1C(=O)NCC(=O)NC(C)COC. The maximum atomic E-state index is 12.1. The molecule has 1 unspecified atom stereocenters. The van der Waals surface area contributed by atoms with Gasteiger partial charge in [-0.3, -0.25) is 9.59 Å². The van der Waals surface area contributed by atoms with Crippen molar-refractivity contribution in [3.8, 4) is 5.75 Å². The number of carbonyl (C=O) groups is 2. The molecule has 0 aliphatic carbocycles. The Balaban J connectivity index is 2.52. The van der Waals surface area contributed by atoms with Gasteiger partial charge in [-0.05, 0) is 26.0 Å². The van der Waals surface area contributed by atoms with E-state index >= 15 is 0 Å². The van der Waals surface area contributed by atoms with Crippen LogP contribution in [0.15, 0.2) is 24.3 Å². The monoisotopic (exact) mass is 294 g/mol. The van der Waals surface area contributed by atoms with Crippen LogP contribution in [-0.2, 0) is 9.53 Å². The van der Waals surface area contributed by atoms with E-state index < -0.39 is 0 Å². The summed E-state index contributed by atoms with van der Waals surface area (Å²) in [6, 6.07) is 6.82. The third-order valence-electron chi connectivity index (χ3n) is 2.67. The Kier molecular flexibility index (Phi) is 7.25. The molecule has 2 N–H and O–H groups in total. The van der Waals surface area contributed by atoms with Gasteiger partial charge in [-0.1, -0.05) is 12.1 Å². The van der Waals surface area contributed by atoms with Gasteiger partial charge in [-0.2, -0.15) is 0 Å². The third kappa shape index (κ3) is 5.83. The van der Waals surface area contributed by atoms with E-state index in [1.54, 1.807) is 31.4 Å². The number of ether oxygens (including phenoxy) is 2. The Labute approximate surface area is 124 Å². The van der Waals surface area contributed by atoms with Gasteiger partial charge in [0.05, 0.1) is 25.3 Å². The molecular weight excluding hydrogens is 272 g/mol. The minimum atomic E-state index is -0.339. The van der Waals surface area contributed by atoms with Crippen molar-refractivity contribution < 1.29 is 19.1 Å². The van der Waals surface area contributed by atoms with Crippen LogP contribution in [0.5, 0.6) is 5.75 Å². The summed E-state index contributed by atoms with van der Waals surface area (Å²) in [5.41, 5.74) is 0.414. The Morgan fingerprint density at radius 2 is 2.00 bits per heavy atom. The third-order valence-corrected chi connectivity index (χ3v) is 2.67. The first-order chi connectivity index (χ1) is 10.1. The summed E-state index contributed by atoms with van der Waals surface area (Å²) in [6.45, 7) is 4.48. The second-order valence-electron chi connectivity index (χ2n) is 4.54. The van der Waals surface area contributed by atoms with Gasteiger partial charge in [0.2, 0.25) is 5.91 Å². The number of nitrogens with one attached hydrogen (secondary N) is 2. The van der Waals surface area contributed by atoms with Crippen LogP contribution in [-0.4, -0.2) is 44.7 Å². The maximum Gasteiger partial charge on any atom is 0.255 e. The van der Waals surface area contributed by atoms with E-state index in [9.17, 15) is 9.59 Å². The molecule has 0 aliphatic rings. The second kappa shape index (κ2) is 8.97. The van der Waals surface area contributed by atoms with E-state index in [0.717, 1.165) is 0 Å². The van der Waals surface area contributed by atoms with E-state index in [2.05, 4.69) is 10.6 Å². The highest BCUT2D eigenvalue weighted by Crippen LogP contribution is 2.17. The number of para-hydroxylation sites is 1. The normalized spacial score (nSPS) is 11.6. The lowest BCUT2D eigenvalue weighted by molar-refractivity contribution is -0.121. The summed E-state index contributed by atoms with van der Waals surface area (Å²) in [5.74, 6) is -0.0963. The van der Waals surface area contributed by atoms with Crippen LogP contribution in [0.25, 0.3) is 0 Å².